The van der Waals surface area contributed by atoms with E-state index in [0.29, 0.717) is 6.67 Å². The second-order valence-corrected chi connectivity index (χ2v) is 5.76. The Morgan fingerprint density at radius 3 is 2.26 bits per heavy atom. The zero-order valence-corrected chi connectivity index (χ0v) is 11.8. The van der Waals surface area contributed by atoms with E-state index in [1.165, 1.54) is 0 Å². The number of fused-ring (bicyclic) bond motifs is 1. The van der Waals surface area contributed by atoms with E-state index in [0.717, 1.165) is 11.0 Å². The Morgan fingerprint density at radius 1 is 1.11 bits per heavy atom. The van der Waals surface area contributed by atoms with Crippen LogP contribution < -0.4 is 0 Å². The average Bonchev–Trinajstić information content (AvgIpc) is 2.66. The molecule has 0 aliphatic carbocycles. The Kier molecular flexibility index (Phi) is 3.38. The molecule has 0 aliphatic heterocycles. The Bertz CT molecular complexity index is 550. The highest BCUT2D eigenvalue weighted by Crippen LogP contribution is 2.23. The van der Waals surface area contributed by atoms with Crippen molar-refractivity contribution in [3.63, 3.8) is 0 Å². The first-order chi connectivity index (χ1) is 8.69. The molecule has 0 spiro atoms. The Hall–Kier alpha value is -1.43. The van der Waals surface area contributed by atoms with Gasteiger partial charge in [0.1, 0.15) is 11.4 Å². The summed E-state index contributed by atoms with van der Waals surface area (Å²) in [7, 11) is 0. The summed E-state index contributed by atoms with van der Waals surface area (Å²) in [6, 6.07) is 7.78. The quantitative estimate of drug-likeness (QED) is 0.825. The van der Waals surface area contributed by atoms with Gasteiger partial charge in [0, 0.05) is 0 Å². The molecular weight excluding hydrogens is 242 g/mol. The molecule has 1 aromatic carbocycles. The Morgan fingerprint density at radius 2 is 1.68 bits per heavy atom. The van der Waals surface area contributed by atoms with Crippen molar-refractivity contribution in [2.75, 3.05) is 0 Å². The second kappa shape index (κ2) is 4.59. The van der Waals surface area contributed by atoms with Gasteiger partial charge in [-0.2, -0.15) is 0 Å². The third-order valence-corrected chi connectivity index (χ3v) is 3.14. The van der Waals surface area contributed by atoms with Gasteiger partial charge >= 0.3 is 0 Å². The van der Waals surface area contributed by atoms with Gasteiger partial charge in [0.05, 0.1) is 24.0 Å². The summed E-state index contributed by atoms with van der Waals surface area (Å²) in [4.78, 5) is 5.91. The first-order valence-corrected chi connectivity index (χ1v) is 6.32. The molecule has 0 aliphatic rings. The van der Waals surface area contributed by atoms with Gasteiger partial charge in [0.15, 0.2) is 0 Å². The molecule has 0 amide bonds. The molecule has 2 N–H and O–H groups in total. The number of para-hydroxylation sites is 2. The minimum Gasteiger partial charge on any atom is -0.376 e. The number of hydrogen-bond acceptors (Lipinski definition) is 4. The number of imidazole rings is 1. The van der Waals surface area contributed by atoms with E-state index in [1.54, 1.807) is 38.9 Å². The number of nitrogens with zero attached hydrogens (tertiary/aromatic N) is 3. The van der Waals surface area contributed by atoms with Crippen molar-refractivity contribution in [1.29, 1.82) is 0 Å². The molecule has 0 fully saturated rings. The van der Waals surface area contributed by atoms with Gasteiger partial charge in [-0.3, -0.25) is 0 Å². The molecular formula is C14H21N3O2. The van der Waals surface area contributed by atoms with Crippen LogP contribution in [0, 0.1) is 0 Å². The number of aliphatic hydroxyl groups is 2. The van der Waals surface area contributed by atoms with Crippen LogP contribution in [-0.2, 0) is 6.67 Å². The van der Waals surface area contributed by atoms with Crippen LogP contribution in [0.15, 0.2) is 30.6 Å². The number of aromatic nitrogens is 2. The maximum atomic E-state index is 10.2. The van der Waals surface area contributed by atoms with Crippen molar-refractivity contribution in [3.8, 4) is 0 Å². The van der Waals surface area contributed by atoms with E-state index in [-0.39, 0.29) is 0 Å². The largest absolute Gasteiger partial charge is 0.376 e. The summed E-state index contributed by atoms with van der Waals surface area (Å²) in [5.41, 5.74) is -0.400. The molecule has 1 aromatic heterocycles. The predicted octanol–water partition coefficient (Wildman–Crippen LogP) is 1.75. The van der Waals surface area contributed by atoms with E-state index in [9.17, 15) is 10.2 Å². The average molecular weight is 263 g/mol. The molecule has 104 valence electrons. The van der Waals surface area contributed by atoms with Crippen LogP contribution in [0.3, 0.4) is 0 Å². The third kappa shape index (κ3) is 2.94. The van der Waals surface area contributed by atoms with Crippen molar-refractivity contribution in [1.82, 2.24) is 14.5 Å². The van der Waals surface area contributed by atoms with E-state index < -0.39 is 11.4 Å². The van der Waals surface area contributed by atoms with Crippen LogP contribution >= 0.6 is 0 Å². The molecule has 0 bridgehead atoms. The highest BCUT2D eigenvalue weighted by atomic mass is 16.3. The van der Waals surface area contributed by atoms with E-state index in [1.807, 2.05) is 28.8 Å². The van der Waals surface area contributed by atoms with E-state index in [4.69, 9.17) is 0 Å². The lowest BCUT2D eigenvalue weighted by atomic mass is 10.1. The van der Waals surface area contributed by atoms with Gasteiger partial charge in [-0.1, -0.05) is 12.1 Å². The lowest BCUT2D eigenvalue weighted by Gasteiger charge is -2.42. The maximum absolute atomic E-state index is 10.2. The molecule has 1 heterocycles. The zero-order chi connectivity index (χ0) is 14.3. The van der Waals surface area contributed by atoms with Gasteiger partial charge in [-0.15, -0.1) is 0 Å². The minimum absolute atomic E-state index is 0.355. The summed E-state index contributed by atoms with van der Waals surface area (Å²) in [5, 5.41) is 20.4. The van der Waals surface area contributed by atoms with Gasteiger partial charge in [0.25, 0.3) is 0 Å². The maximum Gasteiger partial charge on any atom is 0.116 e. The first kappa shape index (κ1) is 14.0. The van der Waals surface area contributed by atoms with Crippen molar-refractivity contribution in [2.45, 2.75) is 45.8 Å². The Balaban J connectivity index is 2.37. The number of rotatable bonds is 4. The van der Waals surface area contributed by atoms with Gasteiger partial charge in [-0.25, -0.2) is 9.88 Å². The van der Waals surface area contributed by atoms with Crippen LogP contribution in [0.5, 0.6) is 0 Å². The fourth-order valence-corrected chi connectivity index (χ4v) is 2.29. The predicted molar refractivity (Wildman–Crippen MR) is 74.2 cm³/mol. The number of hydrogen-bond donors (Lipinski definition) is 2. The third-order valence-electron chi connectivity index (χ3n) is 3.14. The fourth-order valence-electron chi connectivity index (χ4n) is 2.29. The van der Waals surface area contributed by atoms with Crippen LogP contribution in [0.25, 0.3) is 11.0 Å². The topological polar surface area (TPSA) is 61.5 Å². The van der Waals surface area contributed by atoms with Crippen molar-refractivity contribution in [2.24, 2.45) is 0 Å². The van der Waals surface area contributed by atoms with E-state index >= 15 is 0 Å². The highest BCUT2D eigenvalue weighted by Gasteiger charge is 2.35. The summed E-state index contributed by atoms with van der Waals surface area (Å²) >= 11 is 0. The summed E-state index contributed by atoms with van der Waals surface area (Å²) < 4.78 is 1.91. The zero-order valence-electron chi connectivity index (χ0n) is 11.8. The monoisotopic (exact) mass is 263 g/mol. The highest BCUT2D eigenvalue weighted by molar-refractivity contribution is 5.74. The smallest absolute Gasteiger partial charge is 0.116 e. The molecule has 0 saturated heterocycles. The van der Waals surface area contributed by atoms with Crippen molar-refractivity contribution in [3.05, 3.63) is 30.6 Å². The molecule has 5 heteroatoms. The van der Waals surface area contributed by atoms with Crippen LogP contribution in [-0.4, -0.2) is 36.1 Å². The standard InChI is InChI=1S/C14H21N3O2/c1-13(2,18)17(14(3,4)19)10-16-9-15-11-7-5-6-8-12(11)16/h5-9,18-19H,10H2,1-4H3. The van der Waals surface area contributed by atoms with Crippen LogP contribution in [0.1, 0.15) is 27.7 Å². The van der Waals surface area contributed by atoms with Gasteiger partial charge in [0.2, 0.25) is 0 Å². The molecule has 2 aromatic rings. The number of benzene rings is 1. The van der Waals surface area contributed by atoms with Crippen LogP contribution in [0.2, 0.25) is 0 Å². The lowest BCUT2D eigenvalue weighted by Crippen LogP contribution is -2.55. The molecule has 0 saturated carbocycles. The fraction of sp³-hybridized carbons (Fsp3) is 0.500. The first-order valence-electron chi connectivity index (χ1n) is 6.32. The summed E-state index contributed by atoms with van der Waals surface area (Å²) in [5.74, 6) is 0. The molecule has 5 nitrogen and oxygen atoms in total. The Labute approximate surface area is 113 Å². The minimum atomic E-state index is -1.14. The SMILES string of the molecule is CC(C)(O)N(Cn1cnc2ccccc21)C(C)(C)O. The van der Waals surface area contributed by atoms with E-state index in [2.05, 4.69) is 4.98 Å². The molecule has 0 radical (unpaired) electrons. The van der Waals surface area contributed by atoms with Crippen LogP contribution in [0.4, 0.5) is 0 Å². The molecule has 2 rings (SSSR count). The van der Waals surface area contributed by atoms with Crippen molar-refractivity contribution >= 4 is 11.0 Å². The lowest BCUT2D eigenvalue weighted by molar-refractivity contribution is -0.213. The normalized spacial score (nSPS) is 13.4. The van der Waals surface area contributed by atoms with Crippen molar-refractivity contribution < 1.29 is 10.2 Å². The second-order valence-electron chi connectivity index (χ2n) is 5.76. The van der Waals surface area contributed by atoms with Gasteiger partial charge < -0.3 is 14.8 Å². The molecule has 19 heavy (non-hydrogen) atoms. The summed E-state index contributed by atoms with van der Waals surface area (Å²) in [6.45, 7) is 6.98. The molecule has 0 atom stereocenters. The summed E-state index contributed by atoms with van der Waals surface area (Å²) in [6.07, 6.45) is 1.72. The molecule has 0 unspecified atom stereocenters. The van der Waals surface area contributed by atoms with Gasteiger partial charge in [-0.05, 0) is 39.8 Å².